The van der Waals surface area contributed by atoms with E-state index in [0.717, 1.165) is 0 Å². The van der Waals surface area contributed by atoms with Crippen LogP contribution in [0, 0.1) is 6.92 Å². The van der Waals surface area contributed by atoms with Crippen molar-refractivity contribution in [3.8, 4) is 0 Å². The number of hydrogen-bond acceptors (Lipinski definition) is 0. The third-order valence-corrected chi connectivity index (χ3v) is 7.22. The lowest BCUT2D eigenvalue weighted by atomic mass is 9.99. The minimum atomic E-state index is 0.707. The summed E-state index contributed by atoms with van der Waals surface area (Å²) in [5, 5.41) is 0. The zero-order valence-electron chi connectivity index (χ0n) is 22.4. The maximum atomic E-state index is 2.51. The second-order valence-electron chi connectivity index (χ2n) is 10.4. The van der Waals surface area contributed by atoms with E-state index in [1.165, 1.54) is 147 Å². The molecule has 1 rings (SSSR count). The highest BCUT2D eigenvalue weighted by atomic mass is 15.0. The van der Waals surface area contributed by atoms with E-state index in [-0.39, 0.29) is 0 Å². The van der Waals surface area contributed by atoms with Gasteiger partial charge in [-0.3, -0.25) is 0 Å². The second-order valence-corrected chi connectivity index (χ2v) is 10.4. The fourth-order valence-electron chi connectivity index (χ4n) is 4.93. The minimum absolute atomic E-state index is 0.707. The van der Waals surface area contributed by atoms with Gasteiger partial charge in [0.05, 0.1) is 0 Å². The molecule has 0 atom stereocenters. The first-order valence-corrected chi connectivity index (χ1v) is 14.7. The van der Waals surface area contributed by atoms with E-state index >= 15 is 0 Å². The van der Waals surface area contributed by atoms with E-state index < -0.39 is 0 Å². The van der Waals surface area contributed by atoms with Gasteiger partial charge < -0.3 is 0 Å². The predicted molar refractivity (Wildman–Crippen MR) is 143 cm³/mol. The fourth-order valence-corrected chi connectivity index (χ4v) is 4.93. The number of rotatable bonds is 23. The maximum absolute atomic E-state index is 2.51. The number of unbranched alkanes of at least 4 members (excludes halogenated alkanes) is 18. The van der Waals surface area contributed by atoms with Crippen LogP contribution >= 0.6 is 0 Å². The summed E-state index contributed by atoms with van der Waals surface area (Å²) in [6.45, 7) is 6.81. The SMILES string of the molecule is CCCCCCCCCCCCC(CCCCCCCCCCCC)[n+]1ccc(C)cc1. The van der Waals surface area contributed by atoms with Crippen molar-refractivity contribution >= 4 is 0 Å². The Bertz CT molecular complexity index is 468. The van der Waals surface area contributed by atoms with Gasteiger partial charge in [-0.05, 0) is 25.3 Å². The van der Waals surface area contributed by atoms with Crippen LogP contribution in [0.25, 0.3) is 0 Å². The molecule has 0 saturated heterocycles. The van der Waals surface area contributed by atoms with Crippen LogP contribution in [0.2, 0.25) is 0 Å². The maximum Gasteiger partial charge on any atom is 0.169 e. The minimum Gasteiger partial charge on any atom is -0.202 e. The molecule has 1 aromatic rings. The zero-order valence-corrected chi connectivity index (χ0v) is 22.4. The van der Waals surface area contributed by atoms with Gasteiger partial charge in [0.25, 0.3) is 0 Å². The van der Waals surface area contributed by atoms with Gasteiger partial charge >= 0.3 is 0 Å². The topological polar surface area (TPSA) is 3.88 Å². The lowest BCUT2D eigenvalue weighted by Crippen LogP contribution is -2.38. The zero-order chi connectivity index (χ0) is 23.1. The van der Waals surface area contributed by atoms with Crippen LogP contribution in [0.15, 0.2) is 24.5 Å². The molecule has 186 valence electrons. The summed E-state index contributed by atoms with van der Waals surface area (Å²) < 4.78 is 2.51. The number of nitrogens with zero attached hydrogens (tertiary/aromatic N) is 1. The summed E-state index contributed by atoms with van der Waals surface area (Å²) in [5.74, 6) is 0. The van der Waals surface area contributed by atoms with Crippen LogP contribution in [0.5, 0.6) is 0 Å². The average molecular weight is 445 g/mol. The Morgan fingerprint density at radius 2 is 0.812 bits per heavy atom. The lowest BCUT2D eigenvalue weighted by molar-refractivity contribution is -0.724. The van der Waals surface area contributed by atoms with Gasteiger partial charge in [0.1, 0.15) is 0 Å². The first-order chi connectivity index (χ1) is 15.8. The molecule has 1 heterocycles. The van der Waals surface area contributed by atoms with Gasteiger partial charge in [-0.25, -0.2) is 4.57 Å². The molecule has 1 nitrogen and oxygen atoms in total. The molecule has 0 bridgehead atoms. The van der Waals surface area contributed by atoms with E-state index in [0.29, 0.717) is 6.04 Å². The Balaban J connectivity index is 2.16. The monoisotopic (exact) mass is 444 g/mol. The van der Waals surface area contributed by atoms with Crippen LogP contribution in [0.1, 0.15) is 167 Å². The first-order valence-electron chi connectivity index (χ1n) is 14.7. The van der Waals surface area contributed by atoms with Crippen molar-refractivity contribution in [3.63, 3.8) is 0 Å². The first kappa shape index (κ1) is 29.2. The Kier molecular flexibility index (Phi) is 20.0. The van der Waals surface area contributed by atoms with E-state index in [1.54, 1.807) is 0 Å². The largest absolute Gasteiger partial charge is 0.202 e. The summed E-state index contributed by atoms with van der Waals surface area (Å²) in [5.41, 5.74) is 1.37. The molecule has 1 aromatic heterocycles. The highest BCUT2D eigenvalue weighted by Gasteiger charge is 2.17. The summed E-state index contributed by atoms with van der Waals surface area (Å²) >= 11 is 0. The number of hydrogen-bond donors (Lipinski definition) is 0. The molecular weight excluding hydrogens is 386 g/mol. The van der Waals surface area contributed by atoms with Crippen LogP contribution < -0.4 is 4.57 Å². The summed E-state index contributed by atoms with van der Waals surface area (Å²) in [6, 6.07) is 5.27. The lowest BCUT2D eigenvalue weighted by Gasteiger charge is -2.13. The molecule has 0 aromatic carbocycles. The molecule has 1 heteroatoms. The van der Waals surface area contributed by atoms with Gasteiger partial charge in [0.15, 0.2) is 18.4 Å². The van der Waals surface area contributed by atoms with Crippen LogP contribution in [-0.4, -0.2) is 0 Å². The van der Waals surface area contributed by atoms with Crippen molar-refractivity contribution in [2.24, 2.45) is 0 Å². The van der Waals surface area contributed by atoms with Gasteiger partial charge in [-0.1, -0.05) is 129 Å². The molecular formula is C31H58N+. The number of aryl methyl sites for hydroxylation is 1. The van der Waals surface area contributed by atoms with Gasteiger partial charge in [-0.2, -0.15) is 0 Å². The predicted octanol–water partition coefficient (Wildman–Crippen LogP) is 10.4. The summed E-state index contributed by atoms with van der Waals surface area (Å²) in [7, 11) is 0. The third-order valence-electron chi connectivity index (χ3n) is 7.22. The van der Waals surface area contributed by atoms with Crippen molar-refractivity contribution in [1.82, 2.24) is 0 Å². The molecule has 0 amide bonds. The molecule has 0 spiro atoms. The molecule has 0 aliphatic heterocycles. The van der Waals surface area contributed by atoms with E-state index in [1.807, 2.05) is 0 Å². The van der Waals surface area contributed by atoms with E-state index in [9.17, 15) is 0 Å². The van der Waals surface area contributed by atoms with Gasteiger partial charge in [0, 0.05) is 25.0 Å². The Hall–Kier alpha value is -0.850. The quantitative estimate of drug-likeness (QED) is 0.117. The summed E-state index contributed by atoms with van der Waals surface area (Å²) in [4.78, 5) is 0. The molecule has 0 unspecified atom stereocenters. The Labute approximate surface area is 202 Å². The normalized spacial score (nSPS) is 11.5. The smallest absolute Gasteiger partial charge is 0.169 e. The van der Waals surface area contributed by atoms with Crippen LogP contribution in [-0.2, 0) is 0 Å². The van der Waals surface area contributed by atoms with Crippen LogP contribution in [0.3, 0.4) is 0 Å². The van der Waals surface area contributed by atoms with Crippen molar-refractivity contribution in [2.45, 2.75) is 168 Å². The fraction of sp³-hybridized carbons (Fsp3) is 0.839. The third kappa shape index (κ3) is 16.7. The number of pyridine rings is 1. The van der Waals surface area contributed by atoms with Crippen molar-refractivity contribution < 1.29 is 4.57 Å². The molecule has 0 N–H and O–H groups in total. The molecule has 0 aliphatic rings. The molecule has 32 heavy (non-hydrogen) atoms. The van der Waals surface area contributed by atoms with E-state index in [2.05, 4.69) is 49.9 Å². The Morgan fingerprint density at radius 1 is 0.500 bits per heavy atom. The highest BCUT2D eigenvalue weighted by molar-refractivity contribution is 5.03. The Morgan fingerprint density at radius 3 is 1.16 bits per heavy atom. The molecule has 0 saturated carbocycles. The highest BCUT2D eigenvalue weighted by Crippen LogP contribution is 2.20. The second kappa shape index (κ2) is 22.0. The van der Waals surface area contributed by atoms with Gasteiger partial charge in [0.2, 0.25) is 0 Å². The van der Waals surface area contributed by atoms with Crippen LogP contribution in [0.4, 0.5) is 0 Å². The van der Waals surface area contributed by atoms with Gasteiger partial charge in [-0.15, -0.1) is 0 Å². The van der Waals surface area contributed by atoms with Crippen molar-refractivity contribution in [2.75, 3.05) is 0 Å². The molecule has 0 radical (unpaired) electrons. The standard InChI is InChI=1S/C31H58N/c1-4-6-8-10-12-14-16-18-20-22-24-31(32-28-26-30(3)27-29-32)25-23-21-19-17-15-13-11-9-7-5-2/h26-29,31H,4-25H2,1-3H3/q+1. The summed E-state index contributed by atoms with van der Waals surface area (Å²) in [6.07, 6.45) is 36.0. The number of aromatic nitrogens is 1. The van der Waals surface area contributed by atoms with E-state index in [4.69, 9.17) is 0 Å². The molecule has 0 aliphatic carbocycles. The van der Waals surface area contributed by atoms with Crippen molar-refractivity contribution in [1.29, 1.82) is 0 Å². The molecule has 0 fully saturated rings. The van der Waals surface area contributed by atoms with Crippen molar-refractivity contribution in [3.05, 3.63) is 30.1 Å². The average Bonchev–Trinajstić information content (AvgIpc) is 2.80.